The van der Waals surface area contributed by atoms with E-state index in [9.17, 15) is 9.59 Å². The summed E-state index contributed by atoms with van der Waals surface area (Å²) in [6, 6.07) is 13.2. The minimum atomic E-state index is -0.371. The molecule has 0 unspecified atom stereocenters. The molecular weight excluding hydrogens is 328 g/mol. The fraction of sp³-hybridized carbons (Fsp3) is 0.167. The van der Waals surface area contributed by atoms with Crippen molar-refractivity contribution in [3.8, 4) is 11.8 Å². The number of nitriles is 1. The minimum Gasteiger partial charge on any atom is -0.483 e. The van der Waals surface area contributed by atoms with Crippen LogP contribution >= 0.6 is 11.6 Å². The summed E-state index contributed by atoms with van der Waals surface area (Å²) in [6.45, 7) is 1.50. The van der Waals surface area contributed by atoms with Crippen molar-refractivity contribution >= 4 is 29.0 Å². The van der Waals surface area contributed by atoms with E-state index in [1.165, 1.54) is 6.07 Å². The third kappa shape index (κ3) is 4.58. The van der Waals surface area contributed by atoms with Gasteiger partial charge in [-0.1, -0.05) is 18.5 Å². The first kappa shape index (κ1) is 17.5. The van der Waals surface area contributed by atoms with Gasteiger partial charge in [-0.3, -0.25) is 9.59 Å². The van der Waals surface area contributed by atoms with Gasteiger partial charge in [0.2, 0.25) is 0 Å². The molecule has 1 amide bonds. The first-order chi connectivity index (χ1) is 11.5. The molecule has 0 saturated heterocycles. The minimum absolute atomic E-state index is 0.111. The van der Waals surface area contributed by atoms with Crippen molar-refractivity contribution in [3.05, 3.63) is 58.6 Å². The van der Waals surface area contributed by atoms with E-state index in [0.717, 1.165) is 0 Å². The maximum atomic E-state index is 11.9. The molecule has 1 N–H and O–H groups in total. The van der Waals surface area contributed by atoms with Gasteiger partial charge in [-0.25, -0.2) is 0 Å². The SMILES string of the molecule is CCC(=O)c1cc(Cl)ccc1OCC(=O)Nc1ccc(C#N)cc1. The van der Waals surface area contributed by atoms with Crippen LogP contribution in [0, 0.1) is 11.3 Å². The van der Waals surface area contributed by atoms with Gasteiger partial charge in [0, 0.05) is 17.1 Å². The number of carbonyl (C=O) groups excluding carboxylic acids is 2. The van der Waals surface area contributed by atoms with Crippen molar-refractivity contribution < 1.29 is 14.3 Å². The highest BCUT2D eigenvalue weighted by Gasteiger charge is 2.13. The predicted octanol–water partition coefficient (Wildman–Crippen LogP) is 3.82. The lowest BCUT2D eigenvalue weighted by atomic mass is 10.1. The molecule has 0 aliphatic rings. The molecule has 0 aliphatic carbocycles. The number of benzene rings is 2. The standard InChI is InChI=1S/C18H15ClN2O3/c1-2-16(22)15-9-13(19)5-8-17(15)24-11-18(23)21-14-6-3-12(10-20)4-7-14/h3-9H,2,11H2,1H3,(H,21,23). The first-order valence-corrected chi connectivity index (χ1v) is 7.67. The van der Waals surface area contributed by atoms with Crippen LogP contribution in [0.2, 0.25) is 5.02 Å². The number of anilines is 1. The molecule has 0 atom stereocenters. The number of halogens is 1. The van der Waals surface area contributed by atoms with Crippen molar-refractivity contribution in [3.63, 3.8) is 0 Å². The molecule has 0 saturated carbocycles. The second-order valence-corrected chi connectivity index (χ2v) is 5.38. The van der Waals surface area contributed by atoms with E-state index in [0.29, 0.717) is 34.0 Å². The van der Waals surface area contributed by atoms with Gasteiger partial charge in [0.15, 0.2) is 12.4 Å². The predicted molar refractivity (Wildman–Crippen MR) is 91.4 cm³/mol. The summed E-state index contributed by atoms with van der Waals surface area (Å²) < 4.78 is 5.45. The summed E-state index contributed by atoms with van der Waals surface area (Å²) in [4.78, 5) is 23.9. The molecule has 0 fully saturated rings. The Kier molecular flexibility index (Phi) is 5.94. The molecule has 2 aromatic carbocycles. The van der Waals surface area contributed by atoms with Crippen LogP contribution < -0.4 is 10.1 Å². The van der Waals surface area contributed by atoms with Gasteiger partial charge < -0.3 is 10.1 Å². The molecule has 0 spiro atoms. The zero-order chi connectivity index (χ0) is 17.5. The van der Waals surface area contributed by atoms with Gasteiger partial charge in [0.1, 0.15) is 5.75 Å². The smallest absolute Gasteiger partial charge is 0.262 e. The van der Waals surface area contributed by atoms with Gasteiger partial charge in [-0.2, -0.15) is 5.26 Å². The Bertz CT molecular complexity index is 795. The Morgan fingerprint density at radius 2 is 1.92 bits per heavy atom. The third-order valence-corrected chi connectivity index (χ3v) is 3.45. The molecule has 122 valence electrons. The van der Waals surface area contributed by atoms with E-state index < -0.39 is 0 Å². The monoisotopic (exact) mass is 342 g/mol. The molecule has 2 rings (SSSR count). The molecule has 0 radical (unpaired) electrons. The summed E-state index contributed by atoms with van der Waals surface area (Å²) in [5.41, 5.74) is 1.42. The number of nitrogens with one attached hydrogen (secondary N) is 1. The highest BCUT2D eigenvalue weighted by Crippen LogP contribution is 2.24. The van der Waals surface area contributed by atoms with Crippen LogP contribution in [-0.2, 0) is 4.79 Å². The Morgan fingerprint density at radius 3 is 2.54 bits per heavy atom. The summed E-state index contributed by atoms with van der Waals surface area (Å²) >= 11 is 5.90. The maximum Gasteiger partial charge on any atom is 0.262 e. The van der Waals surface area contributed by atoms with Crippen molar-refractivity contribution in [2.75, 3.05) is 11.9 Å². The van der Waals surface area contributed by atoms with Crippen molar-refractivity contribution in [2.24, 2.45) is 0 Å². The fourth-order valence-corrected chi connectivity index (χ4v) is 2.18. The normalized spacial score (nSPS) is 9.88. The number of hydrogen-bond acceptors (Lipinski definition) is 4. The largest absolute Gasteiger partial charge is 0.483 e. The van der Waals surface area contributed by atoms with Crippen LogP contribution in [0.1, 0.15) is 29.3 Å². The van der Waals surface area contributed by atoms with Gasteiger partial charge in [0.05, 0.1) is 17.2 Å². The van der Waals surface area contributed by atoms with Crippen LogP contribution in [0.3, 0.4) is 0 Å². The Morgan fingerprint density at radius 1 is 1.21 bits per heavy atom. The Hall–Kier alpha value is -2.84. The average Bonchev–Trinajstić information content (AvgIpc) is 2.60. The Balaban J connectivity index is 2.01. The van der Waals surface area contributed by atoms with Gasteiger partial charge in [0.25, 0.3) is 5.91 Å². The molecule has 0 bridgehead atoms. The third-order valence-electron chi connectivity index (χ3n) is 3.22. The van der Waals surface area contributed by atoms with E-state index in [2.05, 4.69) is 5.32 Å². The maximum absolute atomic E-state index is 11.9. The van der Waals surface area contributed by atoms with Crippen LogP contribution in [0.5, 0.6) is 5.75 Å². The van der Waals surface area contributed by atoms with E-state index in [1.807, 2.05) is 6.07 Å². The molecule has 24 heavy (non-hydrogen) atoms. The van der Waals surface area contributed by atoms with E-state index in [4.69, 9.17) is 21.6 Å². The lowest BCUT2D eigenvalue weighted by Gasteiger charge is -2.11. The van der Waals surface area contributed by atoms with Crippen LogP contribution in [0.25, 0.3) is 0 Å². The summed E-state index contributed by atoms with van der Waals surface area (Å²) in [7, 11) is 0. The second kappa shape index (κ2) is 8.14. The quantitative estimate of drug-likeness (QED) is 0.809. The average molecular weight is 343 g/mol. The first-order valence-electron chi connectivity index (χ1n) is 7.29. The van der Waals surface area contributed by atoms with Gasteiger partial charge >= 0.3 is 0 Å². The summed E-state index contributed by atoms with van der Waals surface area (Å²) in [5, 5.41) is 11.8. The van der Waals surface area contributed by atoms with Crippen molar-refractivity contribution in [1.29, 1.82) is 5.26 Å². The number of Topliss-reactive ketones (excluding diaryl/α,β-unsaturated/α-hetero) is 1. The van der Waals surface area contributed by atoms with Crippen LogP contribution in [-0.4, -0.2) is 18.3 Å². The number of ketones is 1. The second-order valence-electron chi connectivity index (χ2n) is 4.94. The Labute approximate surface area is 144 Å². The van der Waals surface area contributed by atoms with E-state index >= 15 is 0 Å². The molecule has 0 heterocycles. The fourth-order valence-electron chi connectivity index (χ4n) is 2.00. The van der Waals surface area contributed by atoms with E-state index in [1.54, 1.807) is 43.3 Å². The number of amides is 1. The molecular formula is C18H15ClN2O3. The topological polar surface area (TPSA) is 79.2 Å². The van der Waals surface area contributed by atoms with Gasteiger partial charge in [-0.15, -0.1) is 0 Å². The molecule has 2 aromatic rings. The number of hydrogen-bond donors (Lipinski definition) is 1. The lowest BCUT2D eigenvalue weighted by molar-refractivity contribution is -0.118. The highest BCUT2D eigenvalue weighted by molar-refractivity contribution is 6.31. The van der Waals surface area contributed by atoms with Gasteiger partial charge in [-0.05, 0) is 42.5 Å². The summed E-state index contributed by atoms with van der Waals surface area (Å²) in [5.74, 6) is -0.161. The molecule has 6 heteroatoms. The zero-order valence-electron chi connectivity index (χ0n) is 13.0. The zero-order valence-corrected chi connectivity index (χ0v) is 13.8. The number of rotatable bonds is 6. The molecule has 0 aliphatic heterocycles. The van der Waals surface area contributed by atoms with Crippen LogP contribution in [0.4, 0.5) is 5.69 Å². The number of ether oxygens (including phenoxy) is 1. The van der Waals surface area contributed by atoms with Crippen molar-refractivity contribution in [2.45, 2.75) is 13.3 Å². The molecule has 0 aromatic heterocycles. The van der Waals surface area contributed by atoms with Crippen LogP contribution in [0.15, 0.2) is 42.5 Å². The van der Waals surface area contributed by atoms with Crippen molar-refractivity contribution in [1.82, 2.24) is 0 Å². The van der Waals surface area contributed by atoms with E-state index in [-0.39, 0.29) is 18.3 Å². The summed E-state index contributed by atoms with van der Waals surface area (Å²) in [6.07, 6.45) is 0.314. The number of nitrogens with zero attached hydrogens (tertiary/aromatic N) is 1. The highest BCUT2D eigenvalue weighted by atomic mass is 35.5. The lowest BCUT2D eigenvalue weighted by Crippen LogP contribution is -2.20. The number of carbonyl (C=O) groups is 2. The molecule has 5 nitrogen and oxygen atoms in total.